The lowest BCUT2D eigenvalue weighted by atomic mass is 9.71. The van der Waals surface area contributed by atoms with Gasteiger partial charge in [0.25, 0.3) is 0 Å². The van der Waals surface area contributed by atoms with E-state index in [-0.39, 0.29) is 17.4 Å². The molecule has 3 atom stereocenters. The summed E-state index contributed by atoms with van der Waals surface area (Å²) in [4.78, 5) is 2.48. The Hall–Kier alpha value is -3.82. The van der Waals surface area contributed by atoms with Crippen LogP contribution < -0.4 is 9.47 Å². The monoisotopic (exact) mass is 538 g/mol. The van der Waals surface area contributed by atoms with E-state index in [1.807, 2.05) is 36.4 Å². The number of likely N-dealkylation sites (tertiary alicyclic amines) is 1. The van der Waals surface area contributed by atoms with E-state index in [2.05, 4.69) is 24.8 Å². The van der Waals surface area contributed by atoms with Crippen LogP contribution >= 0.6 is 0 Å². The molecule has 2 fully saturated rings. The highest BCUT2D eigenvalue weighted by Gasteiger charge is 2.38. The molecule has 3 aromatic carbocycles. The molecule has 3 unspecified atom stereocenters. The van der Waals surface area contributed by atoms with Crippen molar-refractivity contribution < 1.29 is 19.0 Å². The standard InChI is InChI=1S/C34H35FN2O3/c1-21-14-15-37(19-21)22(2)20-39-28-12-10-26(11-13-28)33-32(25-8-6-23(18-36)7-9-25)31(24-4-3-5-24)29-16-27(38)17-30(35)34(29)40-33/h6-13,16-17,21-22,24,33,38H,3-5,14-15,19-20H2,1-2H3. The number of aromatic hydroxyl groups is 1. The fourth-order valence-electron chi connectivity index (χ4n) is 6.20. The topological polar surface area (TPSA) is 65.7 Å². The summed E-state index contributed by atoms with van der Waals surface area (Å²) in [5.41, 5.74) is 4.98. The van der Waals surface area contributed by atoms with Crippen molar-refractivity contribution in [1.82, 2.24) is 4.90 Å². The zero-order chi connectivity index (χ0) is 27.8. The molecule has 1 saturated carbocycles. The van der Waals surface area contributed by atoms with Gasteiger partial charge in [0.2, 0.25) is 0 Å². The third-order valence-electron chi connectivity index (χ3n) is 8.70. The van der Waals surface area contributed by atoms with E-state index in [1.165, 1.54) is 6.42 Å². The first-order valence-electron chi connectivity index (χ1n) is 14.3. The fraction of sp³-hybridized carbons (Fsp3) is 0.382. The van der Waals surface area contributed by atoms with Crippen LogP contribution in [-0.4, -0.2) is 35.7 Å². The Balaban J connectivity index is 1.35. The molecule has 3 aliphatic rings. The first-order valence-corrected chi connectivity index (χ1v) is 14.3. The predicted octanol–water partition coefficient (Wildman–Crippen LogP) is 7.36. The molecule has 1 N–H and O–H groups in total. The van der Waals surface area contributed by atoms with Crippen LogP contribution in [0.3, 0.4) is 0 Å². The summed E-state index contributed by atoms with van der Waals surface area (Å²) in [5, 5.41) is 19.7. The van der Waals surface area contributed by atoms with Crippen molar-refractivity contribution >= 4 is 11.1 Å². The molecule has 206 valence electrons. The Bertz CT molecular complexity index is 1450. The van der Waals surface area contributed by atoms with E-state index < -0.39 is 11.9 Å². The number of phenolic OH excluding ortho intramolecular Hbond substituents is 1. The summed E-state index contributed by atoms with van der Waals surface area (Å²) in [6.07, 6.45) is 3.80. The Morgan fingerprint density at radius 3 is 2.45 bits per heavy atom. The average molecular weight is 539 g/mol. The van der Waals surface area contributed by atoms with Gasteiger partial charge in [-0.1, -0.05) is 37.6 Å². The molecule has 0 radical (unpaired) electrons. The van der Waals surface area contributed by atoms with Gasteiger partial charge in [-0.15, -0.1) is 0 Å². The van der Waals surface area contributed by atoms with Crippen LogP contribution in [0.2, 0.25) is 0 Å². The summed E-state index contributed by atoms with van der Waals surface area (Å²) in [7, 11) is 0. The van der Waals surface area contributed by atoms with Crippen molar-refractivity contribution in [3.05, 3.63) is 88.7 Å². The number of hydrogen-bond acceptors (Lipinski definition) is 5. The first-order chi connectivity index (χ1) is 19.4. The minimum atomic E-state index is -0.569. The summed E-state index contributed by atoms with van der Waals surface area (Å²) in [5.74, 6) is 1.26. The van der Waals surface area contributed by atoms with Crippen molar-refractivity contribution in [2.24, 2.45) is 11.8 Å². The Kier molecular flexibility index (Phi) is 7.25. The van der Waals surface area contributed by atoms with Gasteiger partial charge < -0.3 is 14.6 Å². The number of benzene rings is 3. The molecule has 6 heteroatoms. The zero-order valence-electron chi connectivity index (χ0n) is 23.1. The maximum absolute atomic E-state index is 15.2. The van der Waals surface area contributed by atoms with E-state index in [1.54, 1.807) is 18.2 Å². The molecule has 40 heavy (non-hydrogen) atoms. The van der Waals surface area contributed by atoms with Crippen LogP contribution in [0, 0.1) is 29.0 Å². The number of fused-ring (bicyclic) bond motifs is 1. The van der Waals surface area contributed by atoms with Crippen LogP contribution in [0.25, 0.3) is 11.1 Å². The van der Waals surface area contributed by atoms with E-state index in [0.717, 1.165) is 72.4 Å². The van der Waals surface area contributed by atoms with E-state index in [4.69, 9.17) is 9.47 Å². The maximum Gasteiger partial charge on any atom is 0.169 e. The van der Waals surface area contributed by atoms with Crippen LogP contribution in [0.5, 0.6) is 17.2 Å². The third-order valence-corrected chi connectivity index (χ3v) is 8.70. The van der Waals surface area contributed by atoms with Crippen LogP contribution in [0.15, 0.2) is 60.7 Å². The minimum Gasteiger partial charge on any atom is -0.508 e. The van der Waals surface area contributed by atoms with Crippen molar-refractivity contribution in [3.63, 3.8) is 0 Å². The molecule has 5 nitrogen and oxygen atoms in total. The van der Waals surface area contributed by atoms with Gasteiger partial charge in [-0.3, -0.25) is 4.90 Å². The third kappa shape index (κ3) is 5.07. The largest absolute Gasteiger partial charge is 0.508 e. The van der Waals surface area contributed by atoms with Crippen LogP contribution in [0.1, 0.15) is 67.9 Å². The lowest BCUT2D eigenvalue weighted by molar-refractivity contribution is 0.169. The maximum atomic E-state index is 15.2. The quantitative estimate of drug-likeness (QED) is 0.341. The highest BCUT2D eigenvalue weighted by Crippen LogP contribution is 2.54. The van der Waals surface area contributed by atoms with Gasteiger partial charge in [-0.25, -0.2) is 4.39 Å². The van der Waals surface area contributed by atoms with Gasteiger partial charge in [0.05, 0.1) is 11.6 Å². The van der Waals surface area contributed by atoms with Crippen molar-refractivity contribution in [2.75, 3.05) is 19.7 Å². The predicted molar refractivity (Wildman–Crippen MR) is 153 cm³/mol. The molecule has 3 aromatic rings. The SMILES string of the molecule is CC1CCN(C(C)COc2ccc(C3Oc4c(F)cc(O)cc4C(C4CCC4)=C3c3ccc(C#N)cc3)cc2)C1. The first kappa shape index (κ1) is 26.4. The zero-order valence-corrected chi connectivity index (χ0v) is 23.1. The van der Waals surface area contributed by atoms with E-state index >= 15 is 4.39 Å². The average Bonchev–Trinajstić information content (AvgIpc) is 3.37. The normalized spacial score (nSPS) is 21.8. The number of ether oxygens (including phenoxy) is 2. The summed E-state index contributed by atoms with van der Waals surface area (Å²) < 4.78 is 27.8. The lowest BCUT2D eigenvalue weighted by Crippen LogP contribution is -2.35. The van der Waals surface area contributed by atoms with Crippen LogP contribution in [-0.2, 0) is 0 Å². The van der Waals surface area contributed by atoms with Crippen LogP contribution in [0.4, 0.5) is 4.39 Å². The minimum absolute atomic E-state index is 0.117. The molecule has 2 heterocycles. The van der Waals surface area contributed by atoms with Gasteiger partial charge >= 0.3 is 0 Å². The Morgan fingerprint density at radius 1 is 1.07 bits per heavy atom. The van der Waals surface area contributed by atoms with Crippen molar-refractivity contribution in [2.45, 2.75) is 51.7 Å². The van der Waals surface area contributed by atoms with E-state index in [9.17, 15) is 10.4 Å². The van der Waals surface area contributed by atoms with Gasteiger partial charge in [0.15, 0.2) is 11.6 Å². The molecule has 6 rings (SSSR count). The van der Waals surface area contributed by atoms with E-state index in [0.29, 0.717) is 23.8 Å². The molecule has 1 aliphatic carbocycles. The number of nitriles is 1. The number of nitrogens with zero attached hydrogens (tertiary/aromatic N) is 2. The second kappa shape index (κ2) is 11.0. The molecule has 1 saturated heterocycles. The van der Waals surface area contributed by atoms with Gasteiger partial charge in [0.1, 0.15) is 24.2 Å². The number of halogens is 1. The van der Waals surface area contributed by atoms with Gasteiger partial charge in [-0.05, 0) is 91.6 Å². The summed E-state index contributed by atoms with van der Waals surface area (Å²) >= 11 is 0. The smallest absolute Gasteiger partial charge is 0.169 e. The molecular weight excluding hydrogens is 503 g/mol. The summed E-state index contributed by atoms with van der Waals surface area (Å²) in [6, 6.07) is 20.6. The second-order valence-electron chi connectivity index (χ2n) is 11.6. The molecule has 0 bridgehead atoms. The Labute approximate surface area is 235 Å². The van der Waals surface area contributed by atoms with Crippen molar-refractivity contribution in [3.8, 4) is 23.3 Å². The summed E-state index contributed by atoms with van der Waals surface area (Å²) in [6.45, 7) is 7.36. The van der Waals surface area contributed by atoms with Gasteiger partial charge in [-0.2, -0.15) is 5.26 Å². The lowest BCUT2D eigenvalue weighted by Gasteiger charge is -2.38. The Morgan fingerprint density at radius 2 is 1.82 bits per heavy atom. The fourth-order valence-corrected chi connectivity index (χ4v) is 6.20. The molecule has 0 amide bonds. The van der Waals surface area contributed by atoms with Crippen molar-refractivity contribution in [1.29, 1.82) is 5.26 Å². The van der Waals surface area contributed by atoms with Gasteiger partial charge in [0, 0.05) is 29.8 Å². The molecule has 2 aliphatic heterocycles. The molecule has 0 aromatic heterocycles. The highest BCUT2D eigenvalue weighted by molar-refractivity contribution is 5.97. The number of rotatable bonds is 7. The number of allylic oxidation sites excluding steroid dienone is 1. The second-order valence-corrected chi connectivity index (χ2v) is 11.6. The molecule has 0 spiro atoms. The highest BCUT2D eigenvalue weighted by atomic mass is 19.1. The molecular formula is C34H35FN2O3. The number of hydrogen-bond donors (Lipinski definition) is 1. The number of phenols is 1.